The number of nitrogens with two attached hydrogens (primary N) is 1. The average Bonchev–Trinajstić information content (AvgIpc) is 2.73. The van der Waals surface area contributed by atoms with E-state index >= 15 is 0 Å². The smallest absolute Gasteiger partial charge is 0.132 e. The van der Waals surface area contributed by atoms with Crippen molar-refractivity contribution in [3.63, 3.8) is 0 Å². The van der Waals surface area contributed by atoms with Crippen molar-refractivity contribution in [3.05, 3.63) is 17.6 Å². The van der Waals surface area contributed by atoms with Crippen molar-refractivity contribution in [3.8, 4) is 0 Å². The van der Waals surface area contributed by atoms with Gasteiger partial charge < -0.3 is 10.6 Å². The molecule has 17 heavy (non-hydrogen) atoms. The Kier molecular flexibility index (Phi) is 3.94. The third kappa shape index (κ3) is 2.94. The lowest BCUT2D eigenvalue weighted by Crippen LogP contribution is -2.30. The summed E-state index contributed by atoms with van der Waals surface area (Å²) in [6, 6.07) is 2.71. The summed E-state index contributed by atoms with van der Waals surface area (Å²) in [5, 5.41) is 0. The lowest BCUT2D eigenvalue weighted by molar-refractivity contribution is 0.581. The molecule has 1 unspecified atom stereocenters. The molecule has 0 radical (unpaired) electrons. The van der Waals surface area contributed by atoms with Crippen LogP contribution in [0, 0.1) is 13.8 Å². The minimum atomic E-state index is 0.618. The van der Waals surface area contributed by atoms with E-state index in [1.807, 2.05) is 13.8 Å². The third-order valence-electron chi connectivity index (χ3n) is 3.37. The predicted molar refractivity (Wildman–Crippen MR) is 70.2 cm³/mol. The summed E-state index contributed by atoms with van der Waals surface area (Å²) in [5.41, 5.74) is 6.65. The van der Waals surface area contributed by atoms with Crippen LogP contribution in [0.15, 0.2) is 6.07 Å². The fraction of sp³-hybridized carbons (Fsp3) is 0.692. The standard InChI is InChI=1S/C13H22N4/c1-10-9-13(16-11(2)15-10)17-8-4-6-12(17)5-3-7-14/h9,12H,3-8,14H2,1-2H3. The molecule has 2 rings (SSSR count). The molecular weight excluding hydrogens is 212 g/mol. The van der Waals surface area contributed by atoms with Crippen molar-refractivity contribution in [2.24, 2.45) is 5.73 Å². The van der Waals surface area contributed by atoms with Crippen LogP contribution in [-0.2, 0) is 0 Å². The Balaban J connectivity index is 2.14. The molecule has 1 saturated heterocycles. The second kappa shape index (κ2) is 5.45. The highest BCUT2D eigenvalue weighted by atomic mass is 15.2. The molecule has 0 spiro atoms. The first kappa shape index (κ1) is 12.3. The molecule has 2 N–H and O–H groups in total. The third-order valence-corrected chi connectivity index (χ3v) is 3.37. The number of aryl methyl sites for hydroxylation is 2. The van der Waals surface area contributed by atoms with Gasteiger partial charge in [0.2, 0.25) is 0 Å². The zero-order chi connectivity index (χ0) is 12.3. The van der Waals surface area contributed by atoms with E-state index in [-0.39, 0.29) is 0 Å². The Morgan fingerprint density at radius 1 is 1.41 bits per heavy atom. The molecule has 1 fully saturated rings. The first-order valence-corrected chi connectivity index (χ1v) is 6.49. The summed E-state index contributed by atoms with van der Waals surface area (Å²) in [4.78, 5) is 11.3. The fourth-order valence-corrected chi connectivity index (χ4v) is 2.64. The molecular formula is C13H22N4. The first-order chi connectivity index (χ1) is 8.20. The summed E-state index contributed by atoms with van der Waals surface area (Å²) < 4.78 is 0. The van der Waals surface area contributed by atoms with Gasteiger partial charge in [0.25, 0.3) is 0 Å². The molecule has 1 aromatic rings. The van der Waals surface area contributed by atoms with Gasteiger partial charge in [-0.3, -0.25) is 0 Å². The minimum Gasteiger partial charge on any atom is -0.354 e. The quantitative estimate of drug-likeness (QED) is 0.863. The second-order valence-corrected chi connectivity index (χ2v) is 4.84. The van der Waals surface area contributed by atoms with Gasteiger partial charge in [-0.1, -0.05) is 0 Å². The van der Waals surface area contributed by atoms with E-state index in [2.05, 4.69) is 20.9 Å². The molecule has 0 aromatic carbocycles. The van der Waals surface area contributed by atoms with Gasteiger partial charge in [-0.15, -0.1) is 0 Å². The number of anilines is 1. The molecule has 94 valence electrons. The Morgan fingerprint density at radius 2 is 2.24 bits per heavy atom. The maximum Gasteiger partial charge on any atom is 0.132 e. The number of hydrogen-bond donors (Lipinski definition) is 1. The summed E-state index contributed by atoms with van der Waals surface area (Å²) in [6.45, 7) is 5.89. The average molecular weight is 234 g/mol. The number of aromatic nitrogens is 2. The maximum absolute atomic E-state index is 5.59. The molecule has 1 atom stereocenters. The van der Waals surface area contributed by atoms with Crippen molar-refractivity contribution in [1.29, 1.82) is 0 Å². The molecule has 0 aliphatic carbocycles. The number of rotatable bonds is 4. The van der Waals surface area contributed by atoms with Crippen LogP contribution >= 0.6 is 0 Å². The Morgan fingerprint density at radius 3 is 2.94 bits per heavy atom. The Hall–Kier alpha value is -1.16. The molecule has 1 aliphatic heterocycles. The van der Waals surface area contributed by atoms with Gasteiger partial charge in [-0.25, -0.2) is 9.97 Å². The van der Waals surface area contributed by atoms with Crippen LogP contribution in [0.5, 0.6) is 0 Å². The van der Waals surface area contributed by atoms with Gasteiger partial charge >= 0.3 is 0 Å². The van der Waals surface area contributed by atoms with E-state index in [1.165, 1.54) is 19.3 Å². The van der Waals surface area contributed by atoms with Gasteiger partial charge in [-0.05, 0) is 46.1 Å². The van der Waals surface area contributed by atoms with Crippen molar-refractivity contribution >= 4 is 5.82 Å². The van der Waals surface area contributed by atoms with Gasteiger partial charge in [-0.2, -0.15) is 0 Å². The molecule has 1 aromatic heterocycles. The van der Waals surface area contributed by atoms with Gasteiger partial charge in [0.15, 0.2) is 0 Å². The van der Waals surface area contributed by atoms with E-state index in [9.17, 15) is 0 Å². The van der Waals surface area contributed by atoms with E-state index in [1.54, 1.807) is 0 Å². The van der Waals surface area contributed by atoms with E-state index in [0.29, 0.717) is 6.04 Å². The summed E-state index contributed by atoms with van der Waals surface area (Å²) in [6.07, 6.45) is 4.81. The second-order valence-electron chi connectivity index (χ2n) is 4.84. The molecule has 4 heteroatoms. The summed E-state index contributed by atoms with van der Waals surface area (Å²) in [7, 11) is 0. The van der Waals surface area contributed by atoms with Crippen LogP contribution in [0.4, 0.5) is 5.82 Å². The van der Waals surface area contributed by atoms with Crippen LogP contribution in [-0.4, -0.2) is 29.1 Å². The van der Waals surface area contributed by atoms with Crippen LogP contribution in [0.3, 0.4) is 0 Å². The lowest BCUT2D eigenvalue weighted by Gasteiger charge is -2.26. The molecule has 2 heterocycles. The van der Waals surface area contributed by atoms with Crippen molar-refractivity contribution in [2.45, 2.75) is 45.6 Å². The molecule has 0 amide bonds. The zero-order valence-electron chi connectivity index (χ0n) is 10.8. The fourth-order valence-electron chi connectivity index (χ4n) is 2.64. The van der Waals surface area contributed by atoms with Crippen molar-refractivity contribution < 1.29 is 0 Å². The predicted octanol–water partition coefficient (Wildman–Crippen LogP) is 1.80. The molecule has 1 aliphatic rings. The van der Waals surface area contributed by atoms with E-state index in [4.69, 9.17) is 5.73 Å². The first-order valence-electron chi connectivity index (χ1n) is 6.49. The highest BCUT2D eigenvalue weighted by molar-refractivity contribution is 5.42. The molecule has 4 nitrogen and oxygen atoms in total. The van der Waals surface area contributed by atoms with E-state index in [0.717, 1.165) is 36.8 Å². The van der Waals surface area contributed by atoms with Crippen LogP contribution in [0.2, 0.25) is 0 Å². The lowest BCUT2D eigenvalue weighted by atomic mass is 10.1. The Labute approximate surface area is 103 Å². The molecule has 0 saturated carbocycles. The van der Waals surface area contributed by atoms with Crippen LogP contribution in [0.25, 0.3) is 0 Å². The highest BCUT2D eigenvalue weighted by Crippen LogP contribution is 2.26. The topological polar surface area (TPSA) is 55.0 Å². The SMILES string of the molecule is Cc1cc(N2CCCC2CCCN)nc(C)n1. The zero-order valence-corrected chi connectivity index (χ0v) is 10.8. The summed E-state index contributed by atoms with van der Waals surface area (Å²) in [5.74, 6) is 1.96. The largest absolute Gasteiger partial charge is 0.354 e. The van der Waals surface area contributed by atoms with Gasteiger partial charge in [0.05, 0.1) is 0 Å². The maximum atomic E-state index is 5.59. The van der Waals surface area contributed by atoms with Crippen LogP contribution < -0.4 is 10.6 Å². The van der Waals surface area contributed by atoms with E-state index < -0.39 is 0 Å². The number of nitrogens with zero attached hydrogens (tertiary/aromatic N) is 3. The minimum absolute atomic E-state index is 0.618. The number of hydrogen-bond acceptors (Lipinski definition) is 4. The summed E-state index contributed by atoms with van der Waals surface area (Å²) >= 11 is 0. The highest BCUT2D eigenvalue weighted by Gasteiger charge is 2.25. The van der Waals surface area contributed by atoms with Crippen LogP contribution in [0.1, 0.15) is 37.2 Å². The van der Waals surface area contributed by atoms with Crippen molar-refractivity contribution in [2.75, 3.05) is 18.0 Å². The van der Waals surface area contributed by atoms with Gasteiger partial charge in [0, 0.05) is 24.3 Å². The normalized spacial score (nSPS) is 19.9. The Bertz CT molecular complexity index is 357. The monoisotopic (exact) mass is 234 g/mol. The van der Waals surface area contributed by atoms with Crippen molar-refractivity contribution in [1.82, 2.24) is 9.97 Å². The van der Waals surface area contributed by atoms with Gasteiger partial charge in [0.1, 0.15) is 11.6 Å². The molecule has 0 bridgehead atoms.